The summed E-state index contributed by atoms with van der Waals surface area (Å²) in [5.41, 5.74) is 5.82. The zero-order valence-electron chi connectivity index (χ0n) is 19.3. The lowest BCUT2D eigenvalue weighted by atomic mass is 10.3. The minimum atomic E-state index is -4.22. The van der Waals surface area contributed by atoms with Crippen molar-refractivity contribution in [2.45, 2.75) is 22.9 Å². The van der Waals surface area contributed by atoms with Crippen molar-refractivity contribution in [1.82, 2.24) is 24.8 Å². The van der Waals surface area contributed by atoms with Gasteiger partial charge < -0.3 is 25.6 Å². The van der Waals surface area contributed by atoms with Crippen molar-refractivity contribution in [3.8, 4) is 11.8 Å². The van der Waals surface area contributed by atoms with Gasteiger partial charge in [0.05, 0.1) is 12.2 Å². The molecule has 0 aliphatic carbocycles. The third kappa shape index (κ3) is 5.70. The molecule has 0 spiro atoms. The van der Waals surface area contributed by atoms with Gasteiger partial charge in [0.15, 0.2) is 9.92 Å². The van der Waals surface area contributed by atoms with Crippen molar-refractivity contribution in [3.05, 3.63) is 48.9 Å². The first-order chi connectivity index (χ1) is 16.7. The Morgan fingerprint density at radius 3 is 2.57 bits per heavy atom. The van der Waals surface area contributed by atoms with E-state index in [2.05, 4.69) is 30.2 Å². The average molecular weight is 499 g/mol. The van der Waals surface area contributed by atoms with Crippen LogP contribution in [-0.4, -0.2) is 78.4 Å². The van der Waals surface area contributed by atoms with Crippen LogP contribution in [0.25, 0.3) is 0 Å². The van der Waals surface area contributed by atoms with Crippen molar-refractivity contribution in [3.63, 3.8) is 0 Å². The standard InChI is InChI=1S/C22H26N8O4S/c1-15(23)20(31)27-16-6-8-25-19(13-16)35(32,33)17-14-26-22(30-11-9-29(2)10-12-30)28-21(17)34-18-5-3-4-7-24-18/h3-8,13-15H,9-12,23H2,1-2H3,(H,25,27,31). The average Bonchev–Trinajstić information content (AvgIpc) is 2.85. The van der Waals surface area contributed by atoms with E-state index in [9.17, 15) is 13.2 Å². The number of nitrogens with one attached hydrogen (secondary N) is 1. The number of anilines is 2. The van der Waals surface area contributed by atoms with Gasteiger partial charge in [-0.25, -0.2) is 23.4 Å². The molecule has 4 rings (SSSR count). The predicted octanol–water partition coefficient (Wildman–Crippen LogP) is 0.929. The van der Waals surface area contributed by atoms with Crippen molar-refractivity contribution in [2.24, 2.45) is 5.73 Å². The van der Waals surface area contributed by atoms with E-state index < -0.39 is 21.8 Å². The van der Waals surface area contributed by atoms with Crippen LogP contribution in [0.3, 0.4) is 0 Å². The van der Waals surface area contributed by atoms with Crippen LogP contribution in [0.2, 0.25) is 0 Å². The van der Waals surface area contributed by atoms with Gasteiger partial charge in [-0.05, 0) is 32.2 Å². The number of pyridine rings is 2. The molecular weight excluding hydrogens is 472 g/mol. The topological polar surface area (TPSA) is 157 Å². The van der Waals surface area contributed by atoms with E-state index in [0.717, 1.165) is 13.1 Å². The van der Waals surface area contributed by atoms with Crippen molar-refractivity contribution >= 4 is 27.4 Å². The van der Waals surface area contributed by atoms with Crippen molar-refractivity contribution in [1.29, 1.82) is 0 Å². The van der Waals surface area contributed by atoms with Crippen LogP contribution in [0, 0.1) is 0 Å². The Bertz CT molecular complexity index is 1300. The number of piperazine rings is 1. The molecule has 1 aliphatic heterocycles. The molecule has 3 N–H and O–H groups in total. The Labute approximate surface area is 203 Å². The highest BCUT2D eigenvalue weighted by Gasteiger charge is 2.29. The number of carbonyl (C=O) groups is 1. The first kappa shape index (κ1) is 24.4. The second-order valence-corrected chi connectivity index (χ2v) is 9.93. The van der Waals surface area contributed by atoms with Crippen molar-refractivity contribution in [2.75, 3.05) is 43.4 Å². The van der Waals surface area contributed by atoms with Gasteiger partial charge in [0.2, 0.25) is 33.5 Å². The zero-order chi connectivity index (χ0) is 25.0. The van der Waals surface area contributed by atoms with Gasteiger partial charge >= 0.3 is 0 Å². The van der Waals surface area contributed by atoms with Crippen LogP contribution in [0.1, 0.15) is 6.92 Å². The molecule has 1 aliphatic rings. The van der Waals surface area contributed by atoms with Crippen LogP contribution in [0.15, 0.2) is 58.8 Å². The summed E-state index contributed by atoms with van der Waals surface area (Å²) in [4.78, 5) is 32.7. The predicted molar refractivity (Wildman–Crippen MR) is 128 cm³/mol. The number of rotatable bonds is 7. The number of hydrogen-bond acceptors (Lipinski definition) is 11. The quantitative estimate of drug-likeness (QED) is 0.477. The molecule has 1 fully saturated rings. The SMILES string of the molecule is CC(N)C(=O)Nc1ccnc(S(=O)(=O)c2cnc(N3CCN(C)CC3)nc2Oc2ccccn2)c1. The molecule has 184 valence electrons. The maximum absolute atomic E-state index is 13.5. The van der Waals surface area contributed by atoms with Crippen LogP contribution < -0.4 is 20.7 Å². The number of ether oxygens (including phenoxy) is 1. The van der Waals surface area contributed by atoms with Crippen LogP contribution in [0.4, 0.5) is 11.6 Å². The Morgan fingerprint density at radius 2 is 1.89 bits per heavy atom. The molecule has 0 saturated carbocycles. The fraction of sp³-hybridized carbons (Fsp3) is 0.318. The highest BCUT2D eigenvalue weighted by molar-refractivity contribution is 7.91. The maximum atomic E-state index is 13.5. The monoisotopic (exact) mass is 498 g/mol. The zero-order valence-corrected chi connectivity index (χ0v) is 20.1. The molecule has 3 aromatic heterocycles. The molecule has 1 amide bonds. The summed E-state index contributed by atoms with van der Waals surface area (Å²) < 4.78 is 32.9. The molecule has 1 saturated heterocycles. The third-order valence-electron chi connectivity index (χ3n) is 5.32. The van der Waals surface area contributed by atoms with E-state index in [4.69, 9.17) is 10.5 Å². The number of nitrogens with zero attached hydrogens (tertiary/aromatic N) is 6. The van der Waals surface area contributed by atoms with Crippen LogP contribution in [0.5, 0.6) is 11.8 Å². The fourth-order valence-corrected chi connectivity index (χ4v) is 4.49. The summed E-state index contributed by atoms with van der Waals surface area (Å²) in [6.07, 6.45) is 4.02. The lowest BCUT2D eigenvalue weighted by Gasteiger charge is -2.32. The number of sulfone groups is 1. The fourth-order valence-electron chi connectivity index (χ4n) is 3.27. The second kappa shape index (κ2) is 10.3. The normalized spacial score (nSPS) is 15.5. The van der Waals surface area contributed by atoms with Gasteiger partial charge in [0.25, 0.3) is 0 Å². The minimum Gasteiger partial charge on any atom is -0.419 e. The summed E-state index contributed by atoms with van der Waals surface area (Å²) in [5, 5.41) is 2.26. The number of aromatic nitrogens is 4. The van der Waals surface area contributed by atoms with E-state index in [1.54, 1.807) is 18.2 Å². The Kier molecular flexibility index (Phi) is 7.19. The van der Waals surface area contributed by atoms with E-state index in [0.29, 0.717) is 19.0 Å². The van der Waals surface area contributed by atoms with Crippen molar-refractivity contribution < 1.29 is 17.9 Å². The van der Waals surface area contributed by atoms with E-state index in [-0.39, 0.29) is 27.4 Å². The number of likely N-dealkylation sites (N-methyl/N-ethyl adjacent to an activating group) is 1. The number of carbonyl (C=O) groups excluding carboxylic acids is 1. The van der Waals surface area contributed by atoms with Gasteiger partial charge in [-0.15, -0.1) is 0 Å². The molecular formula is C22H26N8O4S. The first-order valence-corrected chi connectivity index (χ1v) is 12.4. The minimum absolute atomic E-state index is 0.167. The maximum Gasteiger partial charge on any atom is 0.245 e. The van der Waals surface area contributed by atoms with Gasteiger partial charge in [-0.1, -0.05) is 6.07 Å². The number of nitrogens with two attached hydrogens (primary N) is 1. The molecule has 12 nitrogen and oxygen atoms in total. The van der Waals surface area contributed by atoms with Gasteiger partial charge in [0, 0.05) is 50.3 Å². The number of hydrogen-bond donors (Lipinski definition) is 2. The molecule has 0 radical (unpaired) electrons. The molecule has 1 atom stereocenters. The molecule has 0 bridgehead atoms. The summed E-state index contributed by atoms with van der Waals surface area (Å²) in [7, 11) is -2.19. The van der Waals surface area contributed by atoms with E-state index in [1.807, 2.05) is 11.9 Å². The second-order valence-electron chi connectivity index (χ2n) is 8.06. The van der Waals surface area contributed by atoms with Gasteiger partial charge in [0.1, 0.15) is 0 Å². The third-order valence-corrected chi connectivity index (χ3v) is 6.95. The summed E-state index contributed by atoms with van der Waals surface area (Å²) in [6.45, 7) is 4.55. The summed E-state index contributed by atoms with van der Waals surface area (Å²) in [5.74, 6) is -0.0928. The molecule has 1 unspecified atom stereocenters. The lowest BCUT2D eigenvalue weighted by molar-refractivity contribution is -0.117. The molecule has 0 aromatic carbocycles. The first-order valence-electron chi connectivity index (χ1n) is 10.9. The van der Waals surface area contributed by atoms with Crippen LogP contribution in [-0.2, 0) is 14.6 Å². The summed E-state index contributed by atoms with van der Waals surface area (Å²) in [6, 6.07) is 6.97. The van der Waals surface area contributed by atoms with Gasteiger partial charge in [-0.3, -0.25) is 4.79 Å². The molecule has 4 heterocycles. The van der Waals surface area contributed by atoms with E-state index in [1.165, 1.54) is 37.6 Å². The molecule has 35 heavy (non-hydrogen) atoms. The van der Waals surface area contributed by atoms with Crippen LogP contribution >= 0.6 is 0 Å². The molecule has 13 heteroatoms. The largest absolute Gasteiger partial charge is 0.419 e. The highest BCUT2D eigenvalue weighted by atomic mass is 32.2. The Balaban J connectivity index is 1.72. The Morgan fingerprint density at radius 1 is 1.11 bits per heavy atom. The lowest BCUT2D eigenvalue weighted by Crippen LogP contribution is -2.45. The Hall–Kier alpha value is -3.68. The van der Waals surface area contributed by atoms with Gasteiger partial charge in [-0.2, -0.15) is 4.98 Å². The molecule has 3 aromatic rings. The summed E-state index contributed by atoms with van der Waals surface area (Å²) >= 11 is 0. The van der Waals surface area contributed by atoms with E-state index >= 15 is 0 Å². The highest BCUT2D eigenvalue weighted by Crippen LogP contribution is 2.31. The number of amides is 1. The smallest absolute Gasteiger partial charge is 0.245 e.